The normalized spacial score (nSPS) is 10.8. The maximum atomic E-state index is 8.53. The number of rotatable bonds is 3. The van der Waals surface area contributed by atoms with Crippen LogP contribution in [0.25, 0.3) is 5.52 Å². The van der Waals surface area contributed by atoms with Crippen LogP contribution in [-0.4, -0.2) is 38.1 Å². The molecule has 0 aliphatic rings. The summed E-state index contributed by atoms with van der Waals surface area (Å²) >= 11 is 0. The van der Waals surface area contributed by atoms with Crippen molar-refractivity contribution in [1.82, 2.24) is 19.8 Å². The topological polar surface area (TPSA) is 90.6 Å². The van der Waals surface area contributed by atoms with Gasteiger partial charge in [-0.1, -0.05) is 0 Å². The Hall–Kier alpha value is -1.76. The minimum atomic E-state index is -0.0517. The fraction of sp³-hybridized carbons (Fsp3) is 0.333. The van der Waals surface area contributed by atoms with Crippen molar-refractivity contribution >= 4 is 11.3 Å². The van der Waals surface area contributed by atoms with Gasteiger partial charge in [0.05, 0.1) is 12.8 Å². The Bertz CT molecular complexity index is 406. The molecule has 70 valence electrons. The minimum Gasteiger partial charge on any atom is -0.394 e. The van der Waals surface area contributed by atoms with E-state index >= 15 is 0 Å². The van der Waals surface area contributed by atoms with E-state index in [-0.39, 0.29) is 13.2 Å². The summed E-state index contributed by atoms with van der Waals surface area (Å²) in [5.74, 6) is 0.353. The van der Waals surface area contributed by atoms with Crippen molar-refractivity contribution in [1.29, 1.82) is 0 Å². The van der Waals surface area contributed by atoms with Crippen molar-refractivity contribution in [2.75, 3.05) is 18.9 Å². The number of nitrogens with zero attached hydrogens (tertiary/aromatic N) is 4. The summed E-state index contributed by atoms with van der Waals surface area (Å²) in [5, 5.41) is 15.9. The maximum absolute atomic E-state index is 8.53. The monoisotopic (exact) mass is 183 g/mol. The second kappa shape index (κ2) is 2.94. The van der Waals surface area contributed by atoms with Crippen molar-refractivity contribution in [2.45, 2.75) is 0 Å². The van der Waals surface area contributed by atoms with Gasteiger partial charge in [-0.3, -0.25) is 0 Å². The first-order valence-corrected chi connectivity index (χ1v) is 3.75. The average Bonchev–Trinajstić information content (AvgIpc) is 2.67. The Labute approximate surface area is 73.2 Å². The third kappa shape index (κ3) is 1.18. The van der Waals surface area contributed by atoms with Gasteiger partial charge in [0, 0.05) is 0 Å². The van der Waals surface area contributed by atoms with Crippen LogP contribution in [0.2, 0.25) is 0 Å². The van der Waals surface area contributed by atoms with E-state index in [1.165, 1.54) is 9.48 Å². The smallest absolute Gasteiger partial charge is 0.175 e. The first-order chi connectivity index (χ1) is 6.33. The van der Waals surface area contributed by atoms with Crippen molar-refractivity contribution in [3.63, 3.8) is 0 Å². The molecule has 0 aliphatic heterocycles. The molecule has 0 radical (unpaired) electrons. The lowest BCUT2D eigenvalue weighted by Gasteiger charge is -2.03. The first-order valence-electron chi connectivity index (χ1n) is 3.75. The number of aliphatic hydroxyl groups excluding tert-OH is 1. The van der Waals surface area contributed by atoms with E-state index in [2.05, 4.69) is 10.3 Å². The maximum Gasteiger partial charge on any atom is 0.175 e. The van der Waals surface area contributed by atoms with Gasteiger partial charge in [0.25, 0.3) is 0 Å². The molecule has 0 spiro atoms. The van der Waals surface area contributed by atoms with E-state index < -0.39 is 0 Å². The third-order valence-electron chi connectivity index (χ3n) is 1.58. The SMILES string of the molecule is Nc1nnn2c1ccn2OCCO. The summed E-state index contributed by atoms with van der Waals surface area (Å²) in [5.41, 5.74) is 6.18. The van der Waals surface area contributed by atoms with E-state index in [0.29, 0.717) is 11.3 Å². The third-order valence-corrected chi connectivity index (χ3v) is 1.58. The van der Waals surface area contributed by atoms with E-state index in [9.17, 15) is 0 Å². The fourth-order valence-electron chi connectivity index (χ4n) is 1.02. The van der Waals surface area contributed by atoms with E-state index in [1.54, 1.807) is 12.3 Å². The summed E-state index contributed by atoms with van der Waals surface area (Å²) in [4.78, 5) is 6.45. The summed E-state index contributed by atoms with van der Waals surface area (Å²) < 4.78 is 1.41. The van der Waals surface area contributed by atoms with Crippen molar-refractivity contribution in [2.24, 2.45) is 0 Å². The van der Waals surface area contributed by atoms with Gasteiger partial charge < -0.3 is 15.7 Å². The van der Waals surface area contributed by atoms with Crippen LogP contribution in [0.1, 0.15) is 0 Å². The van der Waals surface area contributed by atoms with Gasteiger partial charge in [-0.15, -0.1) is 14.6 Å². The largest absolute Gasteiger partial charge is 0.394 e. The molecule has 7 heteroatoms. The zero-order valence-corrected chi connectivity index (χ0v) is 6.79. The molecule has 0 aliphatic carbocycles. The molecule has 13 heavy (non-hydrogen) atoms. The number of hydrogen-bond donors (Lipinski definition) is 2. The minimum absolute atomic E-state index is 0.0517. The number of nitrogens with two attached hydrogens (primary N) is 1. The number of nitrogen functional groups attached to an aromatic ring is 1. The predicted molar refractivity (Wildman–Crippen MR) is 43.9 cm³/mol. The molecule has 7 nitrogen and oxygen atoms in total. The van der Waals surface area contributed by atoms with Crippen LogP contribution in [-0.2, 0) is 0 Å². The van der Waals surface area contributed by atoms with Crippen molar-refractivity contribution in [3.05, 3.63) is 12.3 Å². The standard InChI is InChI=1S/C6H9N5O2/c7-6-5-1-2-10(13-4-3-12)11(5)9-8-6/h1-2,12H,3-4,7H2. The van der Waals surface area contributed by atoms with Crippen molar-refractivity contribution in [3.8, 4) is 0 Å². The van der Waals surface area contributed by atoms with Gasteiger partial charge in [-0.2, -0.15) is 0 Å². The Balaban J connectivity index is 2.35. The molecule has 2 aromatic heterocycles. The molecule has 2 heterocycles. The lowest BCUT2D eigenvalue weighted by molar-refractivity contribution is 0.0414. The second-order valence-corrected chi connectivity index (χ2v) is 2.42. The summed E-state index contributed by atoms with van der Waals surface area (Å²) in [6, 6.07) is 1.73. The van der Waals surface area contributed by atoms with Crippen LogP contribution in [0.15, 0.2) is 12.3 Å². The van der Waals surface area contributed by atoms with Crippen LogP contribution < -0.4 is 10.6 Å². The Morgan fingerprint density at radius 1 is 1.62 bits per heavy atom. The zero-order chi connectivity index (χ0) is 9.26. The molecule has 0 saturated carbocycles. The molecular weight excluding hydrogens is 174 g/mol. The van der Waals surface area contributed by atoms with Gasteiger partial charge in [-0.05, 0) is 11.3 Å². The fourth-order valence-corrected chi connectivity index (χ4v) is 1.02. The number of hydrogen-bond acceptors (Lipinski definition) is 5. The summed E-state index contributed by atoms with van der Waals surface area (Å²) in [6.07, 6.45) is 1.65. The highest BCUT2D eigenvalue weighted by Crippen LogP contribution is 2.08. The number of aliphatic hydroxyl groups is 1. The highest BCUT2D eigenvalue weighted by molar-refractivity contribution is 5.63. The molecule has 0 bridgehead atoms. The Morgan fingerprint density at radius 2 is 2.46 bits per heavy atom. The van der Waals surface area contributed by atoms with Crippen molar-refractivity contribution < 1.29 is 9.94 Å². The molecule has 2 aromatic rings. The number of aromatic nitrogens is 4. The van der Waals surface area contributed by atoms with Gasteiger partial charge in [0.15, 0.2) is 5.82 Å². The highest BCUT2D eigenvalue weighted by Gasteiger charge is 2.06. The van der Waals surface area contributed by atoms with Crippen LogP contribution in [0.3, 0.4) is 0 Å². The lowest BCUT2D eigenvalue weighted by atomic mass is 10.5. The lowest BCUT2D eigenvalue weighted by Crippen LogP contribution is -2.19. The first kappa shape index (κ1) is 7.87. The summed E-state index contributed by atoms with van der Waals surface area (Å²) in [7, 11) is 0. The molecule has 0 saturated heterocycles. The van der Waals surface area contributed by atoms with E-state index in [4.69, 9.17) is 15.7 Å². The van der Waals surface area contributed by atoms with Crippen LogP contribution in [0.4, 0.5) is 5.82 Å². The highest BCUT2D eigenvalue weighted by atomic mass is 16.7. The van der Waals surface area contributed by atoms with Crippen LogP contribution >= 0.6 is 0 Å². The van der Waals surface area contributed by atoms with E-state index in [0.717, 1.165) is 0 Å². The predicted octanol–water partition coefficient (Wildman–Crippen LogP) is -1.47. The molecule has 0 unspecified atom stereocenters. The van der Waals surface area contributed by atoms with Gasteiger partial charge in [0.2, 0.25) is 0 Å². The van der Waals surface area contributed by atoms with Crippen LogP contribution in [0.5, 0.6) is 0 Å². The molecule has 2 rings (SSSR count). The van der Waals surface area contributed by atoms with E-state index in [1.807, 2.05) is 0 Å². The molecule has 0 aromatic carbocycles. The molecule has 0 fully saturated rings. The van der Waals surface area contributed by atoms with Gasteiger partial charge in [0.1, 0.15) is 12.1 Å². The quantitative estimate of drug-likeness (QED) is 0.606. The zero-order valence-electron chi connectivity index (χ0n) is 6.79. The number of anilines is 1. The van der Waals surface area contributed by atoms with Gasteiger partial charge >= 0.3 is 0 Å². The molecule has 3 N–H and O–H groups in total. The molecule has 0 atom stereocenters. The average molecular weight is 183 g/mol. The van der Waals surface area contributed by atoms with Gasteiger partial charge in [-0.25, -0.2) is 0 Å². The summed E-state index contributed by atoms with van der Waals surface area (Å²) in [6.45, 7) is 0.146. The molecular formula is C6H9N5O2. The Kier molecular flexibility index (Phi) is 1.78. The molecule has 0 amide bonds. The van der Waals surface area contributed by atoms with Crippen LogP contribution in [0, 0.1) is 0 Å². The number of fused-ring (bicyclic) bond motifs is 1. The second-order valence-electron chi connectivity index (χ2n) is 2.42. The Morgan fingerprint density at radius 3 is 3.23 bits per heavy atom.